The van der Waals surface area contributed by atoms with Crippen molar-refractivity contribution in [3.63, 3.8) is 0 Å². The summed E-state index contributed by atoms with van der Waals surface area (Å²) in [6.07, 6.45) is 4.91. The zero-order valence-corrected chi connectivity index (χ0v) is 14.8. The maximum atomic E-state index is 5.61. The minimum Gasteiger partial charge on any atom is -0.379 e. The first kappa shape index (κ1) is 16.7. The highest BCUT2D eigenvalue weighted by Gasteiger charge is 2.26. The van der Waals surface area contributed by atoms with Crippen LogP contribution in [0, 0.1) is 6.92 Å². The summed E-state index contributed by atoms with van der Waals surface area (Å²) in [6, 6.07) is 4.56. The highest BCUT2D eigenvalue weighted by molar-refractivity contribution is 5.27. The van der Waals surface area contributed by atoms with Crippen LogP contribution >= 0.6 is 0 Å². The number of aryl methyl sites for hydroxylation is 2. The van der Waals surface area contributed by atoms with Gasteiger partial charge in [0.05, 0.1) is 18.9 Å². The molecule has 6 heteroatoms. The molecule has 1 fully saturated rings. The van der Waals surface area contributed by atoms with E-state index in [2.05, 4.69) is 33.3 Å². The van der Waals surface area contributed by atoms with Crippen LogP contribution in [0.5, 0.6) is 0 Å². The van der Waals surface area contributed by atoms with E-state index in [-0.39, 0.29) is 0 Å². The Labute approximate surface area is 148 Å². The molecule has 1 aliphatic heterocycles. The fraction of sp³-hybridized carbons (Fsp3) is 0.579. The molecule has 0 saturated carbocycles. The van der Waals surface area contributed by atoms with Gasteiger partial charge in [-0.2, -0.15) is 0 Å². The number of nitrogens with zero attached hydrogens (tertiary/aromatic N) is 3. The first-order valence-corrected chi connectivity index (χ1v) is 9.20. The number of hydrogen-bond acceptors (Lipinski definition) is 6. The molecule has 25 heavy (non-hydrogen) atoms. The van der Waals surface area contributed by atoms with Gasteiger partial charge in [0.2, 0.25) is 0 Å². The molecular formula is C19H26N4O2. The van der Waals surface area contributed by atoms with E-state index in [0.29, 0.717) is 6.04 Å². The van der Waals surface area contributed by atoms with Crippen LogP contribution in [0.2, 0.25) is 0 Å². The minimum atomic E-state index is 0.455. The van der Waals surface area contributed by atoms with Crippen molar-refractivity contribution >= 4 is 0 Å². The van der Waals surface area contributed by atoms with E-state index < -0.39 is 0 Å². The maximum absolute atomic E-state index is 5.61. The lowest BCUT2D eigenvalue weighted by Crippen LogP contribution is -2.37. The summed E-state index contributed by atoms with van der Waals surface area (Å²) < 4.78 is 11.0. The standard InChI is InChI=1S/C19H26N4O2/c1-14-3-2-6-20-17(14)12-21-15-4-5-19-16(11-15)18(22-25-19)13-23-7-9-24-10-8-23/h2-3,6,15,21H,4-5,7-13H2,1H3. The van der Waals surface area contributed by atoms with Gasteiger partial charge < -0.3 is 14.6 Å². The first-order valence-electron chi connectivity index (χ1n) is 9.20. The summed E-state index contributed by atoms with van der Waals surface area (Å²) in [6.45, 7) is 7.38. The molecule has 2 aliphatic rings. The van der Waals surface area contributed by atoms with Crippen molar-refractivity contribution in [3.05, 3.63) is 46.6 Å². The molecule has 2 aromatic rings. The molecule has 1 aliphatic carbocycles. The van der Waals surface area contributed by atoms with Crippen molar-refractivity contribution < 1.29 is 9.26 Å². The van der Waals surface area contributed by atoms with Crippen LogP contribution in [-0.4, -0.2) is 47.4 Å². The smallest absolute Gasteiger partial charge is 0.140 e. The Bertz CT molecular complexity index is 709. The fourth-order valence-corrected chi connectivity index (χ4v) is 3.68. The average Bonchev–Trinajstić information content (AvgIpc) is 3.04. The van der Waals surface area contributed by atoms with Gasteiger partial charge in [-0.25, -0.2) is 0 Å². The van der Waals surface area contributed by atoms with Gasteiger partial charge in [-0.05, 0) is 31.4 Å². The predicted molar refractivity (Wildman–Crippen MR) is 94.2 cm³/mol. The first-order chi connectivity index (χ1) is 12.3. The number of nitrogens with one attached hydrogen (secondary N) is 1. The second kappa shape index (κ2) is 7.64. The van der Waals surface area contributed by atoms with E-state index in [4.69, 9.17) is 9.26 Å². The van der Waals surface area contributed by atoms with Gasteiger partial charge >= 0.3 is 0 Å². The molecule has 6 nitrogen and oxygen atoms in total. The van der Waals surface area contributed by atoms with Crippen LogP contribution < -0.4 is 5.32 Å². The number of rotatable bonds is 5. The monoisotopic (exact) mass is 342 g/mol. The molecule has 0 amide bonds. The van der Waals surface area contributed by atoms with E-state index >= 15 is 0 Å². The lowest BCUT2D eigenvalue weighted by atomic mass is 9.91. The molecule has 1 N–H and O–H groups in total. The highest BCUT2D eigenvalue weighted by Crippen LogP contribution is 2.26. The van der Waals surface area contributed by atoms with Gasteiger partial charge in [-0.15, -0.1) is 0 Å². The van der Waals surface area contributed by atoms with Crippen LogP contribution in [0.4, 0.5) is 0 Å². The second-order valence-corrected chi connectivity index (χ2v) is 7.01. The van der Waals surface area contributed by atoms with Crippen LogP contribution in [0.25, 0.3) is 0 Å². The van der Waals surface area contributed by atoms with Crippen LogP contribution in [0.15, 0.2) is 22.9 Å². The summed E-state index contributed by atoms with van der Waals surface area (Å²) in [7, 11) is 0. The molecular weight excluding hydrogens is 316 g/mol. The van der Waals surface area contributed by atoms with Gasteiger partial charge in [0.15, 0.2) is 0 Å². The summed E-state index contributed by atoms with van der Waals surface area (Å²) in [5.74, 6) is 1.08. The van der Waals surface area contributed by atoms with E-state index in [0.717, 1.165) is 75.8 Å². The minimum absolute atomic E-state index is 0.455. The number of aromatic nitrogens is 2. The fourth-order valence-electron chi connectivity index (χ4n) is 3.68. The Balaban J connectivity index is 1.38. The number of hydrogen-bond donors (Lipinski definition) is 1. The number of ether oxygens (including phenoxy) is 1. The van der Waals surface area contributed by atoms with Crippen molar-refractivity contribution in [2.45, 2.75) is 45.3 Å². The SMILES string of the molecule is Cc1cccnc1CNC1CCc2onc(CN3CCOCC3)c2C1. The molecule has 1 saturated heterocycles. The molecule has 3 heterocycles. The zero-order valence-electron chi connectivity index (χ0n) is 14.8. The van der Waals surface area contributed by atoms with Crippen LogP contribution in [0.1, 0.15) is 34.7 Å². The molecule has 0 bridgehead atoms. The molecule has 0 radical (unpaired) electrons. The highest BCUT2D eigenvalue weighted by atomic mass is 16.5. The quantitative estimate of drug-likeness (QED) is 0.895. The third-order valence-electron chi connectivity index (χ3n) is 5.27. The van der Waals surface area contributed by atoms with Crippen molar-refractivity contribution in [1.82, 2.24) is 20.4 Å². The molecule has 4 rings (SSSR count). The molecule has 0 aromatic carbocycles. The Morgan fingerprint density at radius 1 is 1.28 bits per heavy atom. The summed E-state index contributed by atoms with van der Waals surface area (Å²) in [5.41, 5.74) is 4.79. The third kappa shape index (κ3) is 3.92. The molecule has 1 atom stereocenters. The van der Waals surface area contributed by atoms with Gasteiger partial charge in [0, 0.05) is 50.4 Å². The predicted octanol–water partition coefficient (Wildman–Crippen LogP) is 1.86. The van der Waals surface area contributed by atoms with E-state index in [1.165, 1.54) is 11.1 Å². The van der Waals surface area contributed by atoms with Crippen molar-refractivity contribution in [2.24, 2.45) is 0 Å². The van der Waals surface area contributed by atoms with Crippen LogP contribution in [-0.2, 0) is 30.7 Å². The summed E-state index contributed by atoms with van der Waals surface area (Å²) in [5, 5.41) is 8.04. The molecule has 1 unspecified atom stereocenters. The lowest BCUT2D eigenvalue weighted by molar-refractivity contribution is 0.0331. The lowest BCUT2D eigenvalue weighted by Gasteiger charge is -2.27. The molecule has 2 aromatic heterocycles. The van der Waals surface area contributed by atoms with Gasteiger partial charge in [-0.1, -0.05) is 11.2 Å². The van der Waals surface area contributed by atoms with Crippen molar-refractivity contribution in [3.8, 4) is 0 Å². The Morgan fingerprint density at radius 3 is 3.00 bits per heavy atom. The third-order valence-corrected chi connectivity index (χ3v) is 5.27. The molecule has 0 spiro atoms. The Kier molecular flexibility index (Phi) is 5.10. The largest absolute Gasteiger partial charge is 0.379 e. The normalized spacial score (nSPS) is 21.2. The Hall–Kier alpha value is -1.76. The number of pyridine rings is 1. The number of fused-ring (bicyclic) bond motifs is 1. The van der Waals surface area contributed by atoms with Gasteiger partial charge in [0.1, 0.15) is 11.5 Å². The number of morpholine rings is 1. The average molecular weight is 342 g/mol. The van der Waals surface area contributed by atoms with Crippen molar-refractivity contribution in [1.29, 1.82) is 0 Å². The van der Waals surface area contributed by atoms with E-state index in [1.54, 1.807) is 0 Å². The van der Waals surface area contributed by atoms with Gasteiger partial charge in [0.25, 0.3) is 0 Å². The maximum Gasteiger partial charge on any atom is 0.140 e. The van der Waals surface area contributed by atoms with E-state index in [1.807, 2.05) is 12.3 Å². The van der Waals surface area contributed by atoms with Crippen molar-refractivity contribution in [2.75, 3.05) is 26.3 Å². The Morgan fingerprint density at radius 2 is 2.16 bits per heavy atom. The van der Waals surface area contributed by atoms with Crippen LogP contribution in [0.3, 0.4) is 0 Å². The second-order valence-electron chi connectivity index (χ2n) is 7.01. The molecule has 134 valence electrons. The summed E-state index contributed by atoms with van der Waals surface area (Å²) in [4.78, 5) is 6.88. The zero-order chi connectivity index (χ0) is 17.1. The van der Waals surface area contributed by atoms with E-state index in [9.17, 15) is 0 Å². The summed E-state index contributed by atoms with van der Waals surface area (Å²) >= 11 is 0. The topological polar surface area (TPSA) is 63.4 Å². The van der Waals surface area contributed by atoms with Gasteiger partial charge in [-0.3, -0.25) is 9.88 Å².